The molecule has 158 valence electrons. The molecule has 6 nitrogen and oxygen atoms in total. The van der Waals surface area contributed by atoms with E-state index in [1.165, 1.54) is 4.90 Å². The summed E-state index contributed by atoms with van der Waals surface area (Å²) in [5.74, 6) is 4.80. The van der Waals surface area contributed by atoms with Crippen molar-refractivity contribution < 1.29 is 14.2 Å². The molecule has 2 heterocycles. The number of benzene rings is 2. The summed E-state index contributed by atoms with van der Waals surface area (Å²) in [5, 5.41) is -0.237. The topological polar surface area (TPSA) is 92.6 Å². The average Bonchev–Trinajstić information content (AvgIpc) is 2.78. The third-order valence-electron chi connectivity index (χ3n) is 4.99. The maximum atomic E-state index is 6.47. The zero-order chi connectivity index (χ0) is 22.1. The lowest BCUT2D eigenvalue weighted by molar-refractivity contribution is 0.349. The summed E-state index contributed by atoms with van der Waals surface area (Å²) in [6.45, 7) is 0. The van der Waals surface area contributed by atoms with Crippen LogP contribution in [-0.4, -0.2) is 25.5 Å². The lowest BCUT2D eigenvalue weighted by atomic mass is 9.97. The van der Waals surface area contributed by atoms with Crippen molar-refractivity contribution in [3.05, 3.63) is 53.1 Å². The number of ether oxygens (including phenoxy) is 3. The number of methoxy groups -OCH3 is 2. The molecule has 4 rings (SSSR count). The van der Waals surface area contributed by atoms with Gasteiger partial charge in [-0.15, -0.1) is 29.9 Å². The second-order valence-corrected chi connectivity index (χ2v) is 8.73. The molecule has 0 aliphatic carbocycles. The molecule has 0 saturated carbocycles. The van der Waals surface area contributed by atoms with E-state index in [4.69, 9.17) is 32.1 Å². The molecule has 0 amide bonds. The van der Waals surface area contributed by atoms with Crippen LogP contribution in [0.15, 0.2) is 46.2 Å². The monoisotopic (exact) mass is 451 g/mol. The maximum absolute atomic E-state index is 6.47. The molecule has 31 heavy (non-hydrogen) atoms. The summed E-state index contributed by atoms with van der Waals surface area (Å²) in [6, 6.07) is 12.0. The van der Waals surface area contributed by atoms with Gasteiger partial charge in [0.2, 0.25) is 5.88 Å². The van der Waals surface area contributed by atoms with Crippen molar-refractivity contribution >= 4 is 35.0 Å². The first-order valence-electron chi connectivity index (χ1n) is 9.30. The Morgan fingerprint density at radius 1 is 1.06 bits per heavy atom. The standard InChI is InChI=1S/C23H21N3O3S2/c1-5-14-20(24)19-21(31-13-8-6-12(30-4)7-9-13)15-10-17(27-2)18(28-3)11-16(15)29-23(19)26-22(14)25/h1,6-11,21H,2-4H3,(H4,24,25,26). The molecule has 1 aromatic heterocycles. The van der Waals surface area contributed by atoms with E-state index in [-0.39, 0.29) is 11.1 Å². The van der Waals surface area contributed by atoms with E-state index in [2.05, 4.69) is 35.2 Å². The first kappa shape index (κ1) is 21.1. The number of thioether (sulfide) groups is 2. The number of aromatic nitrogens is 1. The number of hydrogen-bond donors (Lipinski definition) is 2. The van der Waals surface area contributed by atoms with Gasteiger partial charge in [-0.1, -0.05) is 5.92 Å². The average molecular weight is 452 g/mol. The van der Waals surface area contributed by atoms with Crippen LogP contribution in [0.25, 0.3) is 0 Å². The predicted molar refractivity (Wildman–Crippen MR) is 127 cm³/mol. The molecule has 0 radical (unpaired) electrons. The Bertz CT molecular complexity index is 1190. The Morgan fingerprint density at radius 3 is 2.32 bits per heavy atom. The summed E-state index contributed by atoms with van der Waals surface area (Å²) >= 11 is 3.32. The highest BCUT2D eigenvalue weighted by Crippen LogP contribution is 2.55. The minimum absolute atomic E-state index is 0.163. The molecule has 1 atom stereocenters. The van der Waals surface area contributed by atoms with Crippen LogP contribution in [0.2, 0.25) is 0 Å². The molecule has 2 aromatic carbocycles. The van der Waals surface area contributed by atoms with Gasteiger partial charge in [0.1, 0.15) is 11.6 Å². The molecule has 0 fully saturated rings. The molecular weight excluding hydrogens is 430 g/mol. The predicted octanol–water partition coefficient (Wildman–Crippen LogP) is 4.95. The van der Waals surface area contributed by atoms with Crippen LogP contribution in [0.3, 0.4) is 0 Å². The first-order chi connectivity index (χ1) is 15.0. The number of hydrogen-bond acceptors (Lipinski definition) is 8. The van der Waals surface area contributed by atoms with Crippen LogP contribution < -0.4 is 25.7 Å². The number of nitrogen functional groups attached to an aromatic ring is 2. The Morgan fingerprint density at radius 2 is 1.71 bits per heavy atom. The number of anilines is 2. The van der Waals surface area contributed by atoms with E-state index in [0.717, 1.165) is 10.5 Å². The highest BCUT2D eigenvalue weighted by molar-refractivity contribution is 8.00. The fourth-order valence-electron chi connectivity index (χ4n) is 3.44. The van der Waals surface area contributed by atoms with E-state index >= 15 is 0 Å². The van der Waals surface area contributed by atoms with Gasteiger partial charge in [0.15, 0.2) is 11.5 Å². The fraction of sp³-hybridized carbons (Fsp3) is 0.174. The Hall–Kier alpha value is -3.15. The minimum Gasteiger partial charge on any atom is -0.493 e. The van der Waals surface area contributed by atoms with Crippen molar-refractivity contribution in [3.63, 3.8) is 0 Å². The van der Waals surface area contributed by atoms with Crippen molar-refractivity contribution in [1.82, 2.24) is 4.98 Å². The molecule has 4 N–H and O–H groups in total. The van der Waals surface area contributed by atoms with Gasteiger partial charge in [-0.2, -0.15) is 4.98 Å². The second-order valence-electron chi connectivity index (χ2n) is 6.67. The summed E-state index contributed by atoms with van der Waals surface area (Å²) in [5.41, 5.74) is 14.9. The van der Waals surface area contributed by atoms with Gasteiger partial charge in [0.05, 0.1) is 36.3 Å². The molecule has 8 heteroatoms. The Labute approximate surface area is 189 Å². The van der Waals surface area contributed by atoms with E-state index in [0.29, 0.717) is 39.9 Å². The number of pyridine rings is 1. The summed E-state index contributed by atoms with van der Waals surface area (Å²) in [4.78, 5) is 6.66. The van der Waals surface area contributed by atoms with Crippen molar-refractivity contribution in [1.29, 1.82) is 0 Å². The largest absolute Gasteiger partial charge is 0.493 e. The lowest BCUT2D eigenvalue weighted by Gasteiger charge is -2.29. The van der Waals surface area contributed by atoms with Crippen molar-refractivity contribution in [2.24, 2.45) is 0 Å². The van der Waals surface area contributed by atoms with Gasteiger partial charge in [0, 0.05) is 21.4 Å². The maximum Gasteiger partial charge on any atom is 0.228 e. The van der Waals surface area contributed by atoms with Crippen molar-refractivity contribution in [2.75, 3.05) is 31.9 Å². The third-order valence-corrected chi connectivity index (χ3v) is 7.01. The van der Waals surface area contributed by atoms with Crippen LogP contribution in [0, 0.1) is 12.3 Å². The van der Waals surface area contributed by atoms with Crippen LogP contribution >= 0.6 is 23.5 Å². The highest BCUT2D eigenvalue weighted by Gasteiger charge is 2.34. The second kappa shape index (κ2) is 8.53. The van der Waals surface area contributed by atoms with Gasteiger partial charge in [-0.05, 0) is 36.6 Å². The molecular formula is C23H21N3O3S2. The molecule has 1 unspecified atom stereocenters. The molecule has 0 saturated heterocycles. The number of nitrogens with zero attached hydrogens (tertiary/aromatic N) is 1. The highest BCUT2D eigenvalue weighted by atomic mass is 32.2. The molecule has 1 aliphatic rings. The molecule has 0 bridgehead atoms. The van der Waals surface area contributed by atoms with E-state index in [1.807, 2.05) is 12.3 Å². The third kappa shape index (κ3) is 3.71. The van der Waals surface area contributed by atoms with Gasteiger partial charge in [0.25, 0.3) is 0 Å². The summed E-state index contributed by atoms with van der Waals surface area (Å²) < 4.78 is 17.1. The van der Waals surface area contributed by atoms with E-state index in [1.54, 1.807) is 43.8 Å². The van der Waals surface area contributed by atoms with Crippen LogP contribution in [0.4, 0.5) is 11.5 Å². The molecule has 1 aliphatic heterocycles. The van der Waals surface area contributed by atoms with Crippen LogP contribution in [0.1, 0.15) is 21.9 Å². The lowest BCUT2D eigenvalue weighted by Crippen LogP contribution is -2.15. The van der Waals surface area contributed by atoms with Gasteiger partial charge in [-0.3, -0.25) is 0 Å². The van der Waals surface area contributed by atoms with Crippen molar-refractivity contribution in [2.45, 2.75) is 15.0 Å². The molecule has 0 spiro atoms. The Kier molecular flexibility index (Phi) is 5.81. The zero-order valence-electron chi connectivity index (χ0n) is 17.3. The van der Waals surface area contributed by atoms with Crippen LogP contribution in [-0.2, 0) is 0 Å². The summed E-state index contributed by atoms with van der Waals surface area (Å²) in [6.07, 6.45) is 7.70. The fourth-order valence-corrected chi connectivity index (χ4v) is 5.07. The van der Waals surface area contributed by atoms with Gasteiger partial charge < -0.3 is 25.7 Å². The quantitative estimate of drug-likeness (QED) is 0.416. The van der Waals surface area contributed by atoms with Crippen molar-refractivity contribution in [3.8, 4) is 35.5 Å². The van der Waals surface area contributed by atoms with Gasteiger partial charge in [-0.25, -0.2) is 0 Å². The number of nitrogens with two attached hydrogens (primary N) is 2. The Balaban J connectivity index is 1.91. The smallest absolute Gasteiger partial charge is 0.228 e. The zero-order valence-corrected chi connectivity index (χ0v) is 18.9. The van der Waals surface area contributed by atoms with E-state index < -0.39 is 0 Å². The minimum atomic E-state index is -0.237. The number of terminal acetylenes is 1. The van der Waals surface area contributed by atoms with E-state index in [9.17, 15) is 0 Å². The van der Waals surface area contributed by atoms with Gasteiger partial charge >= 0.3 is 0 Å². The normalized spacial score (nSPS) is 14.1. The SMILES string of the molecule is C#Cc1c(N)nc2c(c1N)C(Sc1ccc(SC)cc1)c1cc(OC)c(OC)cc1O2. The summed E-state index contributed by atoms with van der Waals surface area (Å²) in [7, 11) is 3.17. The van der Waals surface area contributed by atoms with Crippen LogP contribution in [0.5, 0.6) is 23.1 Å². The number of fused-ring (bicyclic) bond motifs is 2. The molecule has 3 aromatic rings. The first-order valence-corrected chi connectivity index (χ1v) is 11.4. The number of rotatable bonds is 5.